The highest BCUT2D eigenvalue weighted by molar-refractivity contribution is 5.80. The predicted molar refractivity (Wildman–Crippen MR) is 150 cm³/mol. The standard InChI is InChI=1S/C28H39F2N7O3/c1-28(2,38)17-32-19-6-4-18(5-7-19)16-31-27-34-23(36-10-12-40-13-11-36)15-24(35-27)37-22-14-20(39-3)8-9-21(22)33-26(37)25(29)30/h8-9,14-15,18-19,25,32,38H,4-7,10-13,16-17H2,1-3H3,(H,31,34,35). The maximum Gasteiger partial charge on any atom is 0.296 e. The number of anilines is 2. The van der Waals surface area contributed by atoms with Gasteiger partial charge < -0.3 is 30.1 Å². The van der Waals surface area contributed by atoms with E-state index in [1.165, 1.54) is 11.7 Å². The summed E-state index contributed by atoms with van der Waals surface area (Å²) >= 11 is 0. The van der Waals surface area contributed by atoms with Crippen molar-refractivity contribution < 1.29 is 23.4 Å². The lowest BCUT2D eigenvalue weighted by Gasteiger charge is -2.31. The van der Waals surface area contributed by atoms with E-state index < -0.39 is 12.0 Å². The van der Waals surface area contributed by atoms with Gasteiger partial charge in [-0.3, -0.25) is 4.57 Å². The monoisotopic (exact) mass is 559 g/mol. The van der Waals surface area contributed by atoms with Crippen molar-refractivity contribution in [3.8, 4) is 11.6 Å². The van der Waals surface area contributed by atoms with Crippen LogP contribution in [0.25, 0.3) is 16.9 Å². The van der Waals surface area contributed by atoms with Gasteiger partial charge in [0.2, 0.25) is 5.95 Å². The van der Waals surface area contributed by atoms with Crippen LogP contribution in [-0.2, 0) is 4.74 Å². The minimum Gasteiger partial charge on any atom is -0.497 e. The zero-order valence-electron chi connectivity index (χ0n) is 23.4. The van der Waals surface area contributed by atoms with Crippen LogP contribution in [0.1, 0.15) is 51.8 Å². The molecule has 0 bridgehead atoms. The minimum atomic E-state index is -2.79. The summed E-state index contributed by atoms with van der Waals surface area (Å²) in [5, 5.41) is 16.9. The van der Waals surface area contributed by atoms with Gasteiger partial charge in [-0.15, -0.1) is 0 Å². The Morgan fingerprint density at radius 3 is 2.48 bits per heavy atom. The number of alkyl halides is 2. The van der Waals surface area contributed by atoms with Crippen molar-refractivity contribution >= 4 is 22.8 Å². The van der Waals surface area contributed by atoms with Crippen LogP contribution in [0.4, 0.5) is 20.5 Å². The Balaban J connectivity index is 1.40. The Morgan fingerprint density at radius 1 is 1.07 bits per heavy atom. The molecule has 3 N–H and O–H groups in total. The highest BCUT2D eigenvalue weighted by Crippen LogP contribution is 2.31. The number of imidazole rings is 1. The molecule has 218 valence electrons. The molecule has 40 heavy (non-hydrogen) atoms. The second kappa shape index (κ2) is 12.2. The van der Waals surface area contributed by atoms with Crippen molar-refractivity contribution in [2.24, 2.45) is 5.92 Å². The molecule has 2 fully saturated rings. The first-order valence-electron chi connectivity index (χ1n) is 14.0. The summed E-state index contributed by atoms with van der Waals surface area (Å²) in [5.41, 5.74) is 0.200. The van der Waals surface area contributed by atoms with Gasteiger partial charge in [0, 0.05) is 44.4 Å². The van der Waals surface area contributed by atoms with E-state index in [-0.39, 0.29) is 5.82 Å². The van der Waals surface area contributed by atoms with Crippen LogP contribution in [0.2, 0.25) is 0 Å². The lowest BCUT2D eigenvalue weighted by Crippen LogP contribution is -2.42. The molecule has 12 heteroatoms. The topological polar surface area (TPSA) is 110 Å². The molecule has 0 atom stereocenters. The van der Waals surface area contributed by atoms with Crippen LogP contribution in [-0.4, -0.2) is 82.8 Å². The molecule has 1 saturated carbocycles. The van der Waals surface area contributed by atoms with E-state index in [4.69, 9.17) is 19.4 Å². The maximum atomic E-state index is 14.2. The van der Waals surface area contributed by atoms with Crippen LogP contribution >= 0.6 is 0 Å². The number of nitrogens with zero attached hydrogens (tertiary/aromatic N) is 5. The average molecular weight is 560 g/mol. The third kappa shape index (κ3) is 6.79. The summed E-state index contributed by atoms with van der Waals surface area (Å²) in [6, 6.07) is 7.21. The summed E-state index contributed by atoms with van der Waals surface area (Å²) < 4.78 is 40.7. The van der Waals surface area contributed by atoms with Crippen molar-refractivity contribution in [2.45, 2.75) is 57.6 Å². The van der Waals surface area contributed by atoms with Gasteiger partial charge in [0.05, 0.1) is 37.0 Å². The Morgan fingerprint density at radius 2 is 1.80 bits per heavy atom. The molecular formula is C28H39F2N7O3. The van der Waals surface area contributed by atoms with Crippen molar-refractivity contribution in [3.63, 3.8) is 0 Å². The molecule has 0 amide bonds. The summed E-state index contributed by atoms with van der Waals surface area (Å²) in [4.78, 5) is 15.8. The number of fused-ring (bicyclic) bond motifs is 1. The fraction of sp³-hybridized carbons (Fsp3) is 0.607. The van der Waals surface area contributed by atoms with E-state index >= 15 is 0 Å². The molecule has 0 spiro atoms. The molecule has 1 aromatic carbocycles. The smallest absolute Gasteiger partial charge is 0.296 e. The van der Waals surface area contributed by atoms with Gasteiger partial charge in [0.15, 0.2) is 5.82 Å². The molecule has 5 rings (SSSR count). The van der Waals surface area contributed by atoms with Gasteiger partial charge in [0.1, 0.15) is 17.4 Å². The number of ether oxygens (including phenoxy) is 2. The SMILES string of the molecule is COc1ccc2nc(C(F)F)n(-c3cc(N4CCOCC4)nc(NCC4CCC(NCC(C)(C)O)CC4)n3)c2c1. The highest BCUT2D eigenvalue weighted by Gasteiger charge is 2.26. The zero-order chi connectivity index (χ0) is 28.3. The minimum absolute atomic E-state index is 0.324. The van der Waals surface area contributed by atoms with Crippen LogP contribution in [0, 0.1) is 5.92 Å². The molecule has 0 unspecified atom stereocenters. The normalized spacial score (nSPS) is 20.3. The molecule has 2 aliphatic rings. The Kier molecular flexibility index (Phi) is 8.67. The van der Waals surface area contributed by atoms with Gasteiger partial charge in [0.25, 0.3) is 6.43 Å². The van der Waals surface area contributed by atoms with Gasteiger partial charge in [-0.05, 0) is 57.6 Å². The number of halogens is 2. The fourth-order valence-electron chi connectivity index (χ4n) is 5.36. The van der Waals surface area contributed by atoms with Crippen molar-refractivity contribution in [1.29, 1.82) is 0 Å². The number of hydrogen-bond acceptors (Lipinski definition) is 9. The van der Waals surface area contributed by atoms with Gasteiger partial charge >= 0.3 is 0 Å². The van der Waals surface area contributed by atoms with Crippen LogP contribution in [0.5, 0.6) is 5.75 Å². The van der Waals surface area contributed by atoms with Crippen LogP contribution in [0.15, 0.2) is 24.3 Å². The van der Waals surface area contributed by atoms with E-state index in [9.17, 15) is 13.9 Å². The molecule has 1 saturated heterocycles. The third-order valence-corrected chi connectivity index (χ3v) is 7.56. The first kappa shape index (κ1) is 28.4. The molecule has 3 aromatic rings. The number of hydrogen-bond donors (Lipinski definition) is 3. The summed E-state index contributed by atoms with van der Waals surface area (Å²) in [6.07, 6.45) is 1.34. The molecule has 1 aliphatic carbocycles. The lowest BCUT2D eigenvalue weighted by atomic mass is 9.86. The van der Waals surface area contributed by atoms with E-state index in [0.29, 0.717) is 85.7 Å². The van der Waals surface area contributed by atoms with E-state index in [2.05, 4.69) is 20.5 Å². The van der Waals surface area contributed by atoms with Crippen molar-refractivity contribution in [1.82, 2.24) is 24.8 Å². The molecule has 0 radical (unpaired) electrons. The number of nitrogens with one attached hydrogen (secondary N) is 2. The Labute approximate surface area is 233 Å². The van der Waals surface area contributed by atoms with Crippen molar-refractivity contribution in [2.75, 3.05) is 56.7 Å². The van der Waals surface area contributed by atoms with Gasteiger partial charge in [-0.2, -0.15) is 9.97 Å². The summed E-state index contributed by atoms with van der Waals surface area (Å²) in [5.74, 6) is 1.98. The molecule has 2 aromatic heterocycles. The summed E-state index contributed by atoms with van der Waals surface area (Å²) in [6.45, 7) is 7.31. The number of benzene rings is 1. The van der Waals surface area contributed by atoms with Crippen LogP contribution < -0.4 is 20.3 Å². The molecule has 3 heterocycles. The van der Waals surface area contributed by atoms with Crippen molar-refractivity contribution in [3.05, 3.63) is 30.1 Å². The fourth-order valence-corrected chi connectivity index (χ4v) is 5.36. The molecule has 1 aliphatic heterocycles. The first-order valence-corrected chi connectivity index (χ1v) is 14.0. The molecule has 10 nitrogen and oxygen atoms in total. The number of aliphatic hydroxyl groups is 1. The first-order chi connectivity index (χ1) is 19.2. The quantitative estimate of drug-likeness (QED) is 0.340. The largest absolute Gasteiger partial charge is 0.497 e. The maximum absolute atomic E-state index is 14.2. The average Bonchev–Trinajstić information content (AvgIpc) is 3.35. The Hall–Kier alpha value is -3.09. The third-order valence-electron chi connectivity index (χ3n) is 7.56. The highest BCUT2D eigenvalue weighted by atomic mass is 19.3. The number of methoxy groups -OCH3 is 1. The van der Waals surface area contributed by atoms with E-state index in [1.807, 2.05) is 13.8 Å². The molecular weight excluding hydrogens is 520 g/mol. The van der Waals surface area contributed by atoms with Crippen LogP contribution in [0.3, 0.4) is 0 Å². The number of aromatic nitrogens is 4. The van der Waals surface area contributed by atoms with Gasteiger partial charge in [-0.1, -0.05) is 0 Å². The number of morpholine rings is 1. The zero-order valence-corrected chi connectivity index (χ0v) is 23.4. The lowest BCUT2D eigenvalue weighted by molar-refractivity contribution is 0.0736. The number of rotatable bonds is 10. The summed E-state index contributed by atoms with van der Waals surface area (Å²) in [7, 11) is 1.54. The predicted octanol–water partition coefficient (Wildman–Crippen LogP) is 3.93. The van der Waals surface area contributed by atoms with E-state index in [0.717, 1.165) is 25.7 Å². The second-order valence-electron chi connectivity index (χ2n) is 11.3. The second-order valence-corrected chi connectivity index (χ2v) is 11.3. The van der Waals surface area contributed by atoms with Gasteiger partial charge in [-0.25, -0.2) is 13.8 Å². The Bertz CT molecular complexity index is 1280. The van der Waals surface area contributed by atoms with E-state index in [1.54, 1.807) is 24.3 Å².